The molecular weight excluding hydrogens is 224 g/mol. The highest BCUT2D eigenvalue weighted by molar-refractivity contribution is 5.54. The number of nitrogens with two attached hydrogens (primary N) is 1. The lowest BCUT2D eigenvalue weighted by Crippen LogP contribution is -2.26. The van der Waals surface area contributed by atoms with E-state index in [-0.39, 0.29) is 6.04 Å². The third-order valence-electron chi connectivity index (χ3n) is 3.38. The normalized spacial score (nSPS) is 18.5. The molecule has 3 nitrogen and oxygen atoms in total. The Morgan fingerprint density at radius 3 is 2.89 bits per heavy atom. The number of aryl methyl sites for hydroxylation is 1. The van der Waals surface area contributed by atoms with Crippen molar-refractivity contribution in [3.63, 3.8) is 0 Å². The zero-order chi connectivity index (χ0) is 13.0. The maximum Gasteiger partial charge on any atom is 0.0641 e. The van der Waals surface area contributed by atoms with E-state index in [9.17, 15) is 0 Å². The van der Waals surface area contributed by atoms with Gasteiger partial charge in [0.25, 0.3) is 0 Å². The molecule has 1 saturated heterocycles. The van der Waals surface area contributed by atoms with E-state index in [4.69, 9.17) is 10.5 Å². The molecule has 1 heterocycles. The van der Waals surface area contributed by atoms with Crippen LogP contribution in [0.5, 0.6) is 0 Å². The summed E-state index contributed by atoms with van der Waals surface area (Å²) >= 11 is 0. The number of anilines is 1. The van der Waals surface area contributed by atoms with Gasteiger partial charge in [0, 0.05) is 31.4 Å². The van der Waals surface area contributed by atoms with Crippen LogP contribution in [0.3, 0.4) is 0 Å². The summed E-state index contributed by atoms with van der Waals surface area (Å²) in [5, 5.41) is 0. The van der Waals surface area contributed by atoms with Crippen LogP contribution in [0.15, 0.2) is 18.2 Å². The van der Waals surface area contributed by atoms with Crippen molar-refractivity contribution < 1.29 is 4.74 Å². The van der Waals surface area contributed by atoms with Crippen molar-refractivity contribution in [2.45, 2.75) is 32.7 Å². The zero-order valence-electron chi connectivity index (χ0n) is 11.5. The summed E-state index contributed by atoms with van der Waals surface area (Å²) < 4.78 is 5.50. The van der Waals surface area contributed by atoms with Gasteiger partial charge in [0.05, 0.1) is 6.61 Å². The molecule has 0 amide bonds. The Morgan fingerprint density at radius 2 is 2.17 bits per heavy atom. The van der Waals surface area contributed by atoms with Crippen LogP contribution in [0.1, 0.15) is 24.5 Å². The minimum atomic E-state index is 0.224. The Bertz CT molecular complexity index is 382. The second-order valence-corrected chi connectivity index (χ2v) is 5.26. The van der Waals surface area contributed by atoms with Crippen molar-refractivity contribution >= 4 is 5.69 Å². The fourth-order valence-electron chi connectivity index (χ4n) is 2.56. The average molecular weight is 248 g/mol. The maximum absolute atomic E-state index is 5.85. The van der Waals surface area contributed by atoms with E-state index in [1.165, 1.54) is 16.8 Å². The summed E-state index contributed by atoms with van der Waals surface area (Å²) in [6.45, 7) is 8.04. The first-order valence-corrected chi connectivity index (χ1v) is 6.84. The second kappa shape index (κ2) is 6.21. The number of nitrogens with zero attached hydrogens (tertiary/aromatic N) is 1. The van der Waals surface area contributed by atoms with Crippen LogP contribution in [0.25, 0.3) is 0 Å². The van der Waals surface area contributed by atoms with Gasteiger partial charge in [-0.3, -0.25) is 0 Å². The second-order valence-electron chi connectivity index (χ2n) is 5.26. The summed E-state index contributed by atoms with van der Waals surface area (Å²) in [6, 6.07) is 6.93. The summed E-state index contributed by atoms with van der Waals surface area (Å²) in [5.74, 6) is 0. The van der Waals surface area contributed by atoms with Gasteiger partial charge in [-0.05, 0) is 43.9 Å². The van der Waals surface area contributed by atoms with Gasteiger partial charge in [-0.25, -0.2) is 0 Å². The molecule has 18 heavy (non-hydrogen) atoms. The third kappa shape index (κ3) is 3.47. The van der Waals surface area contributed by atoms with E-state index in [2.05, 4.69) is 36.9 Å². The first-order chi connectivity index (χ1) is 8.66. The molecular formula is C15H24N2O. The molecule has 0 radical (unpaired) electrons. The lowest BCUT2D eigenvalue weighted by Gasteiger charge is -2.24. The molecule has 1 atom stereocenters. The van der Waals surface area contributed by atoms with Crippen molar-refractivity contribution in [2.24, 2.45) is 5.73 Å². The highest BCUT2D eigenvalue weighted by atomic mass is 16.5. The predicted molar refractivity (Wildman–Crippen MR) is 76.2 cm³/mol. The largest absolute Gasteiger partial charge is 0.380 e. The number of ether oxygens (including phenoxy) is 1. The Hall–Kier alpha value is -1.06. The standard InChI is InChI=1S/C15H24N2O/c1-12-10-14(11-13(2)16)4-5-15(12)17-6-3-8-18-9-7-17/h4-5,10,13H,3,6-9,11,16H2,1-2H3. The maximum atomic E-state index is 5.85. The van der Waals surface area contributed by atoms with Gasteiger partial charge >= 0.3 is 0 Å². The number of benzene rings is 1. The Kier molecular flexibility index (Phi) is 4.61. The molecule has 0 aromatic heterocycles. The van der Waals surface area contributed by atoms with Crippen LogP contribution < -0.4 is 10.6 Å². The summed E-state index contributed by atoms with van der Waals surface area (Å²) in [7, 11) is 0. The average Bonchev–Trinajstić information content (AvgIpc) is 2.57. The molecule has 0 bridgehead atoms. The fraction of sp³-hybridized carbons (Fsp3) is 0.600. The number of rotatable bonds is 3. The number of hydrogen-bond acceptors (Lipinski definition) is 3. The first-order valence-electron chi connectivity index (χ1n) is 6.84. The van der Waals surface area contributed by atoms with Gasteiger partial charge < -0.3 is 15.4 Å². The summed E-state index contributed by atoms with van der Waals surface area (Å²) in [4.78, 5) is 2.43. The number of hydrogen-bond donors (Lipinski definition) is 1. The smallest absolute Gasteiger partial charge is 0.0641 e. The zero-order valence-corrected chi connectivity index (χ0v) is 11.5. The van der Waals surface area contributed by atoms with Gasteiger partial charge in [-0.15, -0.1) is 0 Å². The Morgan fingerprint density at radius 1 is 1.33 bits per heavy atom. The molecule has 2 rings (SSSR count). The molecule has 1 fully saturated rings. The van der Waals surface area contributed by atoms with Gasteiger partial charge in [0.2, 0.25) is 0 Å². The third-order valence-corrected chi connectivity index (χ3v) is 3.38. The molecule has 2 N–H and O–H groups in total. The lowest BCUT2D eigenvalue weighted by molar-refractivity contribution is 0.152. The molecule has 1 aromatic rings. The lowest BCUT2D eigenvalue weighted by atomic mass is 10.0. The molecule has 0 aliphatic carbocycles. The SMILES string of the molecule is Cc1cc(CC(C)N)ccc1N1CCCOCC1. The van der Waals surface area contributed by atoms with Crippen LogP contribution in [-0.2, 0) is 11.2 Å². The monoisotopic (exact) mass is 248 g/mol. The quantitative estimate of drug-likeness (QED) is 0.890. The minimum Gasteiger partial charge on any atom is -0.380 e. The highest BCUT2D eigenvalue weighted by Crippen LogP contribution is 2.22. The molecule has 0 spiro atoms. The van der Waals surface area contributed by atoms with Gasteiger partial charge in [0.15, 0.2) is 0 Å². The summed E-state index contributed by atoms with van der Waals surface area (Å²) in [5.41, 5.74) is 9.86. The van der Waals surface area contributed by atoms with E-state index in [1.807, 2.05) is 0 Å². The molecule has 100 valence electrons. The predicted octanol–water partition coefficient (Wildman–Crippen LogP) is 2.11. The van der Waals surface area contributed by atoms with E-state index >= 15 is 0 Å². The Balaban J connectivity index is 2.12. The van der Waals surface area contributed by atoms with Crippen LogP contribution in [0.4, 0.5) is 5.69 Å². The topological polar surface area (TPSA) is 38.5 Å². The van der Waals surface area contributed by atoms with Crippen LogP contribution in [0, 0.1) is 6.92 Å². The Labute approximate surface area is 110 Å². The molecule has 1 aliphatic heterocycles. The van der Waals surface area contributed by atoms with E-state index in [0.717, 1.165) is 39.1 Å². The van der Waals surface area contributed by atoms with Crippen molar-refractivity contribution in [1.82, 2.24) is 0 Å². The molecule has 1 aromatic carbocycles. The molecule has 0 saturated carbocycles. The minimum absolute atomic E-state index is 0.224. The van der Waals surface area contributed by atoms with Crippen LogP contribution in [0.2, 0.25) is 0 Å². The van der Waals surface area contributed by atoms with E-state index in [0.29, 0.717) is 0 Å². The van der Waals surface area contributed by atoms with E-state index in [1.54, 1.807) is 0 Å². The molecule has 1 unspecified atom stereocenters. The van der Waals surface area contributed by atoms with Crippen molar-refractivity contribution in [3.05, 3.63) is 29.3 Å². The fourth-order valence-corrected chi connectivity index (χ4v) is 2.56. The van der Waals surface area contributed by atoms with Crippen LogP contribution >= 0.6 is 0 Å². The van der Waals surface area contributed by atoms with Crippen molar-refractivity contribution in [1.29, 1.82) is 0 Å². The summed E-state index contributed by atoms with van der Waals surface area (Å²) in [6.07, 6.45) is 2.06. The van der Waals surface area contributed by atoms with E-state index < -0.39 is 0 Å². The van der Waals surface area contributed by atoms with Gasteiger partial charge in [-0.2, -0.15) is 0 Å². The first kappa shape index (κ1) is 13.4. The molecule has 3 heteroatoms. The molecule has 1 aliphatic rings. The van der Waals surface area contributed by atoms with Gasteiger partial charge in [0.1, 0.15) is 0 Å². The van der Waals surface area contributed by atoms with Crippen molar-refractivity contribution in [3.8, 4) is 0 Å². The van der Waals surface area contributed by atoms with Crippen LogP contribution in [-0.4, -0.2) is 32.3 Å². The van der Waals surface area contributed by atoms with Gasteiger partial charge in [-0.1, -0.05) is 12.1 Å². The highest BCUT2D eigenvalue weighted by Gasteiger charge is 2.12. The van der Waals surface area contributed by atoms with Crippen molar-refractivity contribution in [2.75, 3.05) is 31.2 Å².